The third-order valence-corrected chi connectivity index (χ3v) is 7.28. The van der Waals surface area contributed by atoms with Gasteiger partial charge in [-0.05, 0) is 54.8 Å². The van der Waals surface area contributed by atoms with Crippen molar-refractivity contribution in [2.75, 3.05) is 21.9 Å². The van der Waals surface area contributed by atoms with Crippen molar-refractivity contribution in [1.29, 1.82) is 0 Å². The maximum atomic E-state index is 13.1. The van der Waals surface area contributed by atoms with E-state index in [0.717, 1.165) is 11.4 Å². The van der Waals surface area contributed by atoms with Crippen molar-refractivity contribution in [3.8, 4) is 5.69 Å². The van der Waals surface area contributed by atoms with Crippen molar-refractivity contribution in [3.63, 3.8) is 0 Å². The summed E-state index contributed by atoms with van der Waals surface area (Å²) in [7, 11) is -3.29. The molecule has 3 aromatic rings. The summed E-state index contributed by atoms with van der Waals surface area (Å²) in [5.74, 6) is -0.115. The molecular formula is C22H23ClN4O3S. The highest BCUT2D eigenvalue weighted by Gasteiger charge is 2.28. The summed E-state index contributed by atoms with van der Waals surface area (Å²) in [4.78, 5) is 13.1. The van der Waals surface area contributed by atoms with Gasteiger partial charge in [0, 0.05) is 17.3 Å². The van der Waals surface area contributed by atoms with Crippen molar-refractivity contribution in [3.05, 3.63) is 71.0 Å². The molecule has 0 saturated carbocycles. The lowest BCUT2D eigenvalue weighted by Crippen LogP contribution is -2.25. The predicted molar refractivity (Wildman–Crippen MR) is 123 cm³/mol. The average Bonchev–Trinajstić information content (AvgIpc) is 3.32. The Morgan fingerprint density at radius 1 is 1.13 bits per heavy atom. The molecule has 1 aliphatic rings. The molecular weight excluding hydrogens is 436 g/mol. The minimum atomic E-state index is -3.29. The molecule has 2 heterocycles. The molecule has 1 saturated heterocycles. The number of anilines is 2. The molecule has 1 aromatic heterocycles. The van der Waals surface area contributed by atoms with E-state index in [2.05, 4.69) is 10.4 Å². The van der Waals surface area contributed by atoms with Crippen LogP contribution in [0.1, 0.15) is 42.2 Å². The van der Waals surface area contributed by atoms with Crippen molar-refractivity contribution < 1.29 is 13.2 Å². The summed E-state index contributed by atoms with van der Waals surface area (Å²) < 4.78 is 27.6. The Balaban J connectivity index is 1.62. The Kier molecular flexibility index (Phi) is 5.77. The number of sulfonamides is 1. The van der Waals surface area contributed by atoms with Crippen molar-refractivity contribution in [2.45, 2.75) is 26.2 Å². The zero-order valence-corrected chi connectivity index (χ0v) is 18.8. The fourth-order valence-electron chi connectivity index (χ4n) is 3.74. The molecule has 1 amide bonds. The van der Waals surface area contributed by atoms with E-state index in [1.807, 2.05) is 26.0 Å². The summed E-state index contributed by atoms with van der Waals surface area (Å²) in [6, 6.07) is 14.1. The van der Waals surface area contributed by atoms with Crippen molar-refractivity contribution in [2.24, 2.45) is 0 Å². The van der Waals surface area contributed by atoms with E-state index >= 15 is 0 Å². The van der Waals surface area contributed by atoms with E-state index in [1.54, 1.807) is 47.3 Å². The molecule has 0 atom stereocenters. The van der Waals surface area contributed by atoms with Crippen LogP contribution in [0.2, 0.25) is 5.02 Å². The first-order valence-corrected chi connectivity index (χ1v) is 12.0. The Hall–Kier alpha value is -2.84. The first-order chi connectivity index (χ1) is 14.8. The van der Waals surface area contributed by atoms with Gasteiger partial charge in [0.2, 0.25) is 10.0 Å². The molecule has 162 valence electrons. The van der Waals surface area contributed by atoms with Crippen LogP contribution in [0.3, 0.4) is 0 Å². The summed E-state index contributed by atoms with van der Waals surface area (Å²) in [5.41, 5.74) is 3.13. The smallest absolute Gasteiger partial charge is 0.259 e. The predicted octanol–water partition coefficient (Wildman–Crippen LogP) is 4.44. The fraction of sp³-hybridized carbons (Fsp3) is 0.273. The van der Waals surface area contributed by atoms with Crippen LogP contribution in [0.5, 0.6) is 0 Å². The molecule has 0 bridgehead atoms. The lowest BCUT2D eigenvalue weighted by atomic mass is 10.0. The molecule has 0 spiro atoms. The number of benzene rings is 2. The second kappa shape index (κ2) is 8.36. The minimum absolute atomic E-state index is 0.0417. The molecule has 0 unspecified atom stereocenters. The average molecular weight is 459 g/mol. The van der Waals surface area contributed by atoms with Gasteiger partial charge >= 0.3 is 0 Å². The zero-order valence-electron chi connectivity index (χ0n) is 17.2. The van der Waals surface area contributed by atoms with Crippen LogP contribution < -0.4 is 9.62 Å². The molecule has 1 N–H and O–H groups in total. The summed E-state index contributed by atoms with van der Waals surface area (Å²) in [6.45, 7) is 4.45. The highest BCUT2D eigenvalue weighted by molar-refractivity contribution is 7.93. The van der Waals surface area contributed by atoms with Crippen LogP contribution >= 0.6 is 11.6 Å². The van der Waals surface area contributed by atoms with Crippen LogP contribution in [-0.4, -0.2) is 36.4 Å². The van der Waals surface area contributed by atoms with Crippen LogP contribution in [0.15, 0.2) is 54.7 Å². The van der Waals surface area contributed by atoms with Gasteiger partial charge in [0.15, 0.2) is 0 Å². The van der Waals surface area contributed by atoms with E-state index in [4.69, 9.17) is 11.6 Å². The van der Waals surface area contributed by atoms with Crippen LogP contribution in [0, 0.1) is 0 Å². The zero-order chi connectivity index (χ0) is 22.2. The number of aromatic nitrogens is 2. The lowest BCUT2D eigenvalue weighted by Gasteiger charge is -2.18. The van der Waals surface area contributed by atoms with Gasteiger partial charge in [-0.15, -0.1) is 0 Å². The van der Waals surface area contributed by atoms with E-state index < -0.39 is 10.0 Å². The fourth-order valence-corrected chi connectivity index (χ4v) is 5.43. The van der Waals surface area contributed by atoms with Gasteiger partial charge in [-0.3, -0.25) is 9.10 Å². The SMILES string of the molecule is CC(C)c1c(C(=O)Nc2cccc(N3CCCS3(=O)=O)c2)cnn1-c1ccc(Cl)cc1. The number of halogens is 1. The van der Waals surface area contributed by atoms with Gasteiger partial charge in [0.1, 0.15) is 0 Å². The number of nitrogens with one attached hydrogen (secondary N) is 1. The van der Waals surface area contributed by atoms with Gasteiger partial charge in [-0.25, -0.2) is 13.1 Å². The molecule has 0 aliphatic carbocycles. The van der Waals surface area contributed by atoms with Gasteiger partial charge in [0.05, 0.1) is 34.6 Å². The monoisotopic (exact) mass is 458 g/mol. The normalized spacial score (nSPS) is 15.4. The van der Waals surface area contributed by atoms with Crippen molar-refractivity contribution in [1.82, 2.24) is 9.78 Å². The Morgan fingerprint density at radius 2 is 1.87 bits per heavy atom. The maximum Gasteiger partial charge on any atom is 0.259 e. The number of hydrogen-bond donors (Lipinski definition) is 1. The number of carbonyl (C=O) groups is 1. The Labute approximate surface area is 186 Å². The number of carbonyl (C=O) groups excluding carboxylic acids is 1. The van der Waals surface area contributed by atoms with Crippen molar-refractivity contribution >= 4 is 38.9 Å². The summed E-state index contributed by atoms with van der Waals surface area (Å²) >= 11 is 5.99. The lowest BCUT2D eigenvalue weighted by molar-refractivity contribution is 0.102. The third-order valence-electron chi connectivity index (χ3n) is 5.16. The van der Waals surface area contributed by atoms with E-state index in [0.29, 0.717) is 34.9 Å². The minimum Gasteiger partial charge on any atom is -0.322 e. The quantitative estimate of drug-likeness (QED) is 0.612. The first kappa shape index (κ1) is 21.4. The highest BCUT2D eigenvalue weighted by Crippen LogP contribution is 2.28. The second-order valence-electron chi connectivity index (χ2n) is 7.73. The van der Waals surface area contributed by atoms with E-state index in [1.165, 1.54) is 4.31 Å². The summed E-state index contributed by atoms with van der Waals surface area (Å²) in [5, 5.41) is 7.93. The van der Waals surface area contributed by atoms with Gasteiger partial charge in [-0.1, -0.05) is 31.5 Å². The summed E-state index contributed by atoms with van der Waals surface area (Å²) in [6.07, 6.45) is 2.15. The molecule has 1 aliphatic heterocycles. The van der Waals surface area contributed by atoms with E-state index in [-0.39, 0.29) is 17.6 Å². The second-order valence-corrected chi connectivity index (χ2v) is 10.2. The molecule has 7 nitrogen and oxygen atoms in total. The molecule has 31 heavy (non-hydrogen) atoms. The first-order valence-electron chi connectivity index (χ1n) is 10.0. The molecule has 9 heteroatoms. The number of hydrogen-bond acceptors (Lipinski definition) is 4. The highest BCUT2D eigenvalue weighted by atomic mass is 35.5. The number of rotatable bonds is 5. The molecule has 4 rings (SSSR count). The van der Waals surface area contributed by atoms with Gasteiger partial charge < -0.3 is 5.32 Å². The number of amides is 1. The molecule has 1 fully saturated rings. The van der Waals surface area contributed by atoms with Crippen LogP contribution in [-0.2, 0) is 10.0 Å². The van der Waals surface area contributed by atoms with E-state index in [9.17, 15) is 13.2 Å². The van der Waals surface area contributed by atoms with Gasteiger partial charge in [0.25, 0.3) is 5.91 Å². The Morgan fingerprint density at radius 3 is 2.52 bits per heavy atom. The Bertz CT molecular complexity index is 1220. The number of nitrogens with zero attached hydrogens (tertiary/aromatic N) is 3. The largest absolute Gasteiger partial charge is 0.322 e. The maximum absolute atomic E-state index is 13.1. The molecule has 2 aromatic carbocycles. The topological polar surface area (TPSA) is 84.3 Å². The standard InChI is InChI=1S/C22H23ClN4O3S/c1-15(2)21-20(14-24-27(21)18-9-7-16(23)8-10-18)22(28)25-17-5-3-6-19(13-17)26-11-4-12-31(26,29)30/h3,5-10,13-15H,4,11-12H2,1-2H3,(H,25,28). The van der Waals surface area contributed by atoms with Crippen LogP contribution in [0.25, 0.3) is 5.69 Å². The van der Waals surface area contributed by atoms with Gasteiger partial charge in [-0.2, -0.15) is 5.10 Å². The molecule has 0 radical (unpaired) electrons. The third kappa shape index (κ3) is 4.31. The van der Waals surface area contributed by atoms with Crippen LogP contribution in [0.4, 0.5) is 11.4 Å².